The minimum Gasteiger partial charge on any atom is -0.393 e. The van der Waals surface area contributed by atoms with E-state index in [0.29, 0.717) is 6.42 Å². The van der Waals surface area contributed by atoms with E-state index in [4.69, 9.17) is 5.11 Å². The molecule has 2 atom stereocenters. The van der Waals surface area contributed by atoms with Crippen LogP contribution in [0.5, 0.6) is 0 Å². The molecule has 5 heteroatoms. The molecule has 0 saturated heterocycles. The van der Waals surface area contributed by atoms with Crippen molar-refractivity contribution < 1.29 is 18.7 Å². The number of carbonyl (C=O) groups excluding carboxylic acids is 1. The van der Waals surface area contributed by atoms with Crippen LogP contribution in [0.15, 0.2) is 18.2 Å². The molecule has 1 rings (SSSR count). The van der Waals surface area contributed by atoms with Crippen LogP contribution in [0.4, 0.5) is 8.78 Å². The van der Waals surface area contributed by atoms with E-state index in [9.17, 15) is 13.6 Å². The summed E-state index contributed by atoms with van der Waals surface area (Å²) in [5, 5.41) is 11.5. The maximum atomic E-state index is 13.4. The van der Waals surface area contributed by atoms with Gasteiger partial charge in [0.25, 0.3) is 0 Å². The lowest BCUT2D eigenvalue weighted by atomic mass is 10.1. The Morgan fingerprint density at radius 1 is 1.33 bits per heavy atom. The Hall–Kier alpha value is -1.49. The van der Waals surface area contributed by atoms with Crippen molar-refractivity contribution in [3.8, 4) is 0 Å². The molecular weight excluding hydrogens is 240 g/mol. The second kappa shape index (κ2) is 6.44. The third kappa shape index (κ3) is 4.07. The molecule has 0 spiro atoms. The highest BCUT2D eigenvalue weighted by atomic mass is 19.1. The average Bonchev–Trinajstić information content (AvgIpc) is 2.26. The fourth-order valence-corrected chi connectivity index (χ4v) is 1.65. The second-order valence-electron chi connectivity index (χ2n) is 4.31. The SMILES string of the molecule is CC(O)CCC(=O)NC(C)c1c(F)cccc1F. The summed E-state index contributed by atoms with van der Waals surface area (Å²) in [6, 6.07) is 2.83. The fourth-order valence-electron chi connectivity index (χ4n) is 1.65. The van der Waals surface area contributed by atoms with Crippen molar-refractivity contribution in [1.82, 2.24) is 5.32 Å². The van der Waals surface area contributed by atoms with E-state index in [1.165, 1.54) is 13.0 Å². The van der Waals surface area contributed by atoms with Crippen LogP contribution in [0.2, 0.25) is 0 Å². The monoisotopic (exact) mass is 257 g/mol. The molecule has 100 valence electrons. The zero-order valence-corrected chi connectivity index (χ0v) is 10.4. The summed E-state index contributed by atoms with van der Waals surface area (Å²) in [7, 11) is 0. The number of hydrogen-bond donors (Lipinski definition) is 2. The predicted molar refractivity (Wildman–Crippen MR) is 63.8 cm³/mol. The molecule has 0 radical (unpaired) electrons. The molecule has 1 amide bonds. The number of nitrogens with one attached hydrogen (secondary N) is 1. The van der Waals surface area contributed by atoms with Crippen molar-refractivity contribution in [2.45, 2.75) is 38.8 Å². The number of rotatable bonds is 5. The Kier molecular flexibility index (Phi) is 5.22. The largest absolute Gasteiger partial charge is 0.393 e. The topological polar surface area (TPSA) is 49.3 Å². The van der Waals surface area contributed by atoms with Crippen LogP contribution in [-0.2, 0) is 4.79 Å². The van der Waals surface area contributed by atoms with E-state index in [-0.39, 0.29) is 17.9 Å². The summed E-state index contributed by atoms with van der Waals surface area (Å²) in [4.78, 5) is 11.5. The van der Waals surface area contributed by atoms with Gasteiger partial charge in [0.05, 0.1) is 12.1 Å². The van der Waals surface area contributed by atoms with E-state index in [0.717, 1.165) is 12.1 Å². The van der Waals surface area contributed by atoms with Gasteiger partial charge in [-0.05, 0) is 32.4 Å². The first-order chi connectivity index (χ1) is 8.41. The van der Waals surface area contributed by atoms with Crippen LogP contribution >= 0.6 is 0 Å². The summed E-state index contributed by atoms with van der Waals surface area (Å²) in [5.41, 5.74) is -0.150. The molecule has 0 saturated carbocycles. The summed E-state index contributed by atoms with van der Waals surface area (Å²) < 4.78 is 26.9. The highest BCUT2D eigenvalue weighted by molar-refractivity contribution is 5.76. The maximum Gasteiger partial charge on any atom is 0.220 e. The Balaban J connectivity index is 2.65. The third-order valence-corrected chi connectivity index (χ3v) is 2.60. The smallest absolute Gasteiger partial charge is 0.220 e. The molecule has 0 aromatic heterocycles. The van der Waals surface area contributed by atoms with Crippen molar-refractivity contribution >= 4 is 5.91 Å². The molecule has 0 aliphatic heterocycles. The van der Waals surface area contributed by atoms with Gasteiger partial charge in [-0.15, -0.1) is 0 Å². The fraction of sp³-hybridized carbons (Fsp3) is 0.462. The Bertz CT molecular complexity index is 401. The molecule has 2 N–H and O–H groups in total. The lowest BCUT2D eigenvalue weighted by molar-refractivity contribution is -0.122. The number of aliphatic hydroxyl groups is 1. The second-order valence-corrected chi connectivity index (χ2v) is 4.31. The van der Waals surface area contributed by atoms with Crippen LogP contribution < -0.4 is 5.32 Å². The number of benzene rings is 1. The molecule has 18 heavy (non-hydrogen) atoms. The Morgan fingerprint density at radius 3 is 2.39 bits per heavy atom. The van der Waals surface area contributed by atoms with Crippen LogP contribution in [0.3, 0.4) is 0 Å². The van der Waals surface area contributed by atoms with Crippen LogP contribution in [0.25, 0.3) is 0 Å². The Labute approximate surface area is 105 Å². The number of amides is 1. The molecule has 0 heterocycles. The number of carbonyl (C=O) groups is 1. The van der Waals surface area contributed by atoms with Crippen molar-refractivity contribution in [1.29, 1.82) is 0 Å². The van der Waals surface area contributed by atoms with Gasteiger partial charge in [-0.2, -0.15) is 0 Å². The van der Waals surface area contributed by atoms with Gasteiger partial charge in [-0.3, -0.25) is 4.79 Å². The average molecular weight is 257 g/mol. The first-order valence-corrected chi connectivity index (χ1v) is 5.83. The van der Waals surface area contributed by atoms with Crippen molar-refractivity contribution in [3.05, 3.63) is 35.4 Å². The van der Waals surface area contributed by atoms with Gasteiger partial charge in [-0.25, -0.2) is 8.78 Å². The van der Waals surface area contributed by atoms with E-state index in [2.05, 4.69) is 5.32 Å². The van der Waals surface area contributed by atoms with E-state index in [1.807, 2.05) is 0 Å². The first kappa shape index (κ1) is 14.6. The van der Waals surface area contributed by atoms with Gasteiger partial charge in [0, 0.05) is 12.0 Å². The number of aliphatic hydroxyl groups excluding tert-OH is 1. The molecule has 0 fully saturated rings. The van der Waals surface area contributed by atoms with E-state index >= 15 is 0 Å². The molecule has 0 aliphatic rings. The number of hydrogen-bond acceptors (Lipinski definition) is 2. The Morgan fingerprint density at radius 2 is 1.89 bits per heavy atom. The minimum atomic E-state index is -0.743. The summed E-state index contributed by atoms with van der Waals surface area (Å²) >= 11 is 0. The van der Waals surface area contributed by atoms with Gasteiger partial charge in [-0.1, -0.05) is 6.07 Å². The molecule has 2 unspecified atom stereocenters. The summed E-state index contributed by atoms with van der Waals surface area (Å²) in [6.07, 6.45) is -0.132. The standard InChI is InChI=1S/C13H17F2NO2/c1-8(17)6-7-12(18)16-9(2)13-10(14)4-3-5-11(13)15/h3-5,8-9,17H,6-7H2,1-2H3,(H,16,18). The van der Waals surface area contributed by atoms with Crippen LogP contribution in [0.1, 0.15) is 38.3 Å². The molecule has 1 aromatic carbocycles. The van der Waals surface area contributed by atoms with Gasteiger partial charge in [0.2, 0.25) is 5.91 Å². The first-order valence-electron chi connectivity index (χ1n) is 5.83. The van der Waals surface area contributed by atoms with Crippen molar-refractivity contribution in [2.75, 3.05) is 0 Å². The highest BCUT2D eigenvalue weighted by Crippen LogP contribution is 2.20. The highest BCUT2D eigenvalue weighted by Gasteiger charge is 2.17. The zero-order chi connectivity index (χ0) is 13.7. The lowest BCUT2D eigenvalue weighted by Crippen LogP contribution is -2.28. The van der Waals surface area contributed by atoms with Crippen molar-refractivity contribution in [3.63, 3.8) is 0 Å². The summed E-state index contributed by atoms with van der Waals surface area (Å²) in [6.45, 7) is 3.09. The van der Waals surface area contributed by atoms with Gasteiger partial charge in [0.15, 0.2) is 0 Å². The molecule has 0 bridgehead atoms. The molecule has 1 aromatic rings. The molecule has 0 aliphatic carbocycles. The number of halogens is 2. The summed E-state index contributed by atoms with van der Waals surface area (Å²) in [5.74, 6) is -1.71. The van der Waals surface area contributed by atoms with Crippen LogP contribution in [-0.4, -0.2) is 17.1 Å². The van der Waals surface area contributed by atoms with E-state index in [1.54, 1.807) is 6.92 Å². The normalized spacial score (nSPS) is 14.1. The minimum absolute atomic E-state index is 0.123. The molecule has 3 nitrogen and oxygen atoms in total. The van der Waals surface area contributed by atoms with Crippen LogP contribution in [0, 0.1) is 11.6 Å². The van der Waals surface area contributed by atoms with Gasteiger partial charge in [0.1, 0.15) is 11.6 Å². The maximum absolute atomic E-state index is 13.4. The van der Waals surface area contributed by atoms with Gasteiger partial charge >= 0.3 is 0 Å². The third-order valence-electron chi connectivity index (χ3n) is 2.60. The molecular formula is C13H17F2NO2. The lowest BCUT2D eigenvalue weighted by Gasteiger charge is -2.16. The van der Waals surface area contributed by atoms with Gasteiger partial charge < -0.3 is 10.4 Å². The zero-order valence-electron chi connectivity index (χ0n) is 10.4. The predicted octanol–water partition coefficient (Wildman–Crippen LogP) is 2.30. The van der Waals surface area contributed by atoms with Crippen molar-refractivity contribution in [2.24, 2.45) is 0 Å². The quantitative estimate of drug-likeness (QED) is 0.850. The van der Waals surface area contributed by atoms with E-state index < -0.39 is 23.8 Å².